The minimum absolute atomic E-state index is 0.875. The normalized spacial score (nSPS) is 11.3. The molecule has 0 saturated carbocycles. The van der Waals surface area contributed by atoms with Gasteiger partial charge in [0.2, 0.25) is 0 Å². The first kappa shape index (κ1) is 40.3. The molecule has 0 aliphatic carbocycles. The first-order valence-electron chi connectivity index (χ1n) is 22.5. The number of anilines is 6. The van der Waals surface area contributed by atoms with Gasteiger partial charge < -0.3 is 9.80 Å². The average Bonchev–Trinajstić information content (AvgIpc) is 3.94. The van der Waals surface area contributed by atoms with Crippen molar-refractivity contribution >= 4 is 56.2 Å². The summed E-state index contributed by atoms with van der Waals surface area (Å²) in [5, 5.41) is 0. The van der Waals surface area contributed by atoms with E-state index in [4.69, 9.17) is 9.97 Å². The van der Waals surface area contributed by atoms with E-state index in [-0.39, 0.29) is 0 Å². The molecule has 0 aliphatic rings. The van der Waals surface area contributed by atoms with Crippen molar-refractivity contribution in [3.8, 4) is 34.2 Å². The summed E-state index contributed by atoms with van der Waals surface area (Å²) >= 11 is 0. The molecule has 0 aliphatic heterocycles. The standard InChI is InChI=1S/C60H48N6/c1-41-13-25-47(26-14-41)63(48-27-15-42(2)16-28-48)51-33-37-53(38-34-51)65-57-11-7-5-9-55(57)61-59(65)45-21-23-46(24-22-45)60-62-56-10-6-8-12-58(56)66(60)54-39-35-52(36-40-54)64(49-29-17-43(3)18-30-49)50-31-19-44(4)20-32-50/h5-40H,1-4H3. The van der Waals surface area contributed by atoms with Crippen LogP contribution in [0.3, 0.4) is 0 Å². The summed E-state index contributed by atoms with van der Waals surface area (Å²) in [6.45, 7) is 8.50. The number of para-hydroxylation sites is 4. The highest BCUT2D eigenvalue weighted by molar-refractivity contribution is 5.87. The number of aromatic nitrogens is 4. The number of imidazole rings is 2. The molecule has 0 saturated heterocycles. The maximum atomic E-state index is 5.23. The lowest BCUT2D eigenvalue weighted by atomic mass is 10.1. The van der Waals surface area contributed by atoms with Crippen molar-refractivity contribution in [2.45, 2.75) is 27.7 Å². The Morgan fingerprint density at radius 2 is 0.545 bits per heavy atom. The van der Waals surface area contributed by atoms with Crippen molar-refractivity contribution < 1.29 is 0 Å². The third kappa shape index (κ3) is 7.58. The number of rotatable bonds is 10. The molecule has 0 atom stereocenters. The second-order valence-corrected chi connectivity index (χ2v) is 17.1. The maximum absolute atomic E-state index is 5.23. The summed E-state index contributed by atoms with van der Waals surface area (Å²) < 4.78 is 4.53. The van der Waals surface area contributed by atoms with Crippen molar-refractivity contribution in [2.75, 3.05) is 9.80 Å². The van der Waals surface area contributed by atoms with Crippen LogP contribution in [0.4, 0.5) is 34.1 Å². The summed E-state index contributed by atoms with van der Waals surface area (Å²) in [7, 11) is 0. The van der Waals surface area contributed by atoms with E-state index in [0.29, 0.717) is 0 Å². The zero-order chi connectivity index (χ0) is 44.7. The monoisotopic (exact) mass is 852 g/mol. The highest BCUT2D eigenvalue weighted by Gasteiger charge is 2.20. The zero-order valence-corrected chi connectivity index (χ0v) is 37.5. The molecule has 0 unspecified atom stereocenters. The first-order chi connectivity index (χ1) is 32.3. The van der Waals surface area contributed by atoms with Crippen molar-refractivity contribution in [2.24, 2.45) is 0 Å². The van der Waals surface area contributed by atoms with Crippen molar-refractivity contribution in [3.05, 3.63) is 241 Å². The zero-order valence-electron chi connectivity index (χ0n) is 37.5. The van der Waals surface area contributed by atoms with Crippen molar-refractivity contribution in [1.82, 2.24) is 19.1 Å². The Morgan fingerprint density at radius 1 is 0.288 bits per heavy atom. The average molecular weight is 853 g/mol. The molecule has 11 aromatic rings. The molecule has 0 fully saturated rings. The number of hydrogen-bond donors (Lipinski definition) is 0. The van der Waals surface area contributed by atoms with E-state index < -0.39 is 0 Å². The fraction of sp³-hybridized carbons (Fsp3) is 0.0667. The molecule has 318 valence electrons. The summed E-state index contributed by atoms with van der Waals surface area (Å²) in [5.41, 5.74) is 19.6. The maximum Gasteiger partial charge on any atom is 0.145 e. The molecule has 0 amide bonds. The topological polar surface area (TPSA) is 42.1 Å². The lowest BCUT2D eigenvalue weighted by Gasteiger charge is -2.26. The van der Waals surface area contributed by atoms with Crippen LogP contribution >= 0.6 is 0 Å². The SMILES string of the molecule is Cc1ccc(N(c2ccc(C)cc2)c2ccc(-n3c(-c4ccc(-c5nc6ccccc6n5-c5ccc(N(c6ccc(C)cc6)c6ccc(C)cc6)cc5)cc4)nc4ccccc43)cc2)cc1. The highest BCUT2D eigenvalue weighted by atomic mass is 15.2. The van der Waals surface area contributed by atoms with Crippen LogP contribution in [0.2, 0.25) is 0 Å². The van der Waals surface area contributed by atoms with E-state index in [1.807, 2.05) is 0 Å². The molecule has 0 bridgehead atoms. The van der Waals surface area contributed by atoms with Gasteiger partial charge in [0, 0.05) is 56.6 Å². The van der Waals surface area contributed by atoms with Crippen LogP contribution in [0.5, 0.6) is 0 Å². The van der Waals surface area contributed by atoms with E-state index in [0.717, 1.165) is 90.3 Å². The van der Waals surface area contributed by atoms with Crippen LogP contribution in [0.15, 0.2) is 218 Å². The van der Waals surface area contributed by atoms with Gasteiger partial charge in [-0.2, -0.15) is 0 Å². The van der Waals surface area contributed by atoms with Crippen molar-refractivity contribution in [3.63, 3.8) is 0 Å². The summed E-state index contributed by atoms with van der Waals surface area (Å²) in [6.07, 6.45) is 0. The van der Waals surface area contributed by atoms with E-state index in [2.05, 4.69) is 265 Å². The minimum atomic E-state index is 0.875. The molecule has 66 heavy (non-hydrogen) atoms. The molecule has 0 radical (unpaired) electrons. The van der Waals surface area contributed by atoms with Crippen LogP contribution < -0.4 is 9.80 Å². The van der Waals surface area contributed by atoms with Gasteiger partial charge >= 0.3 is 0 Å². The van der Waals surface area contributed by atoms with Gasteiger partial charge in [0.1, 0.15) is 11.6 Å². The third-order valence-corrected chi connectivity index (χ3v) is 12.4. The van der Waals surface area contributed by atoms with Crippen LogP contribution in [0, 0.1) is 27.7 Å². The Hall–Kier alpha value is -8.48. The minimum Gasteiger partial charge on any atom is -0.311 e. The second-order valence-electron chi connectivity index (χ2n) is 17.1. The molecule has 0 spiro atoms. The molecule has 6 nitrogen and oxygen atoms in total. The molecular weight excluding hydrogens is 805 g/mol. The van der Waals surface area contributed by atoms with Gasteiger partial charge in [-0.15, -0.1) is 0 Å². The summed E-state index contributed by atoms with van der Waals surface area (Å²) in [4.78, 5) is 15.1. The number of hydrogen-bond acceptors (Lipinski definition) is 4. The number of nitrogens with zero attached hydrogens (tertiary/aromatic N) is 6. The van der Waals surface area contributed by atoms with Gasteiger partial charge in [0.05, 0.1) is 22.1 Å². The van der Waals surface area contributed by atoms with Gasteiger partial charge in [-0.25, -0.2) is 9.97 Å². The number of aryl methyl sites for hydroxylation is 4. The Morgan fingerprint density at radius 3 is 0.833 bits per heavy atom. The van der Waals surface area contributed by atoms with E-state index in [1.165, 1.54) is 22.3 Å². The molecule has 9 aromatic carbocycles. The lowest BCUT2D eigenvalue weighted by molar-refractivity contribution is 1.09. The number of benzene rings is 9. The van der Waals surface area contributed by atoms with Crippen LogP contribution in [0.1, 0.15) is 22.3 Å². The largest absolute Gasteiger partial charge is 0.311 e. The molecule has 2 aromatic heterocycles. The second kappa shape index (κ2) is 16.9. The fourth-order valence-electron chi connectivity index (χ4n) is 8.90. The summed E-state index contributed by atoms with van der Waals surface area (Å²) in [5.74, 6) is 1.75. The summed E-state index contributed by atoms with van der Waals surface area (Å²) in [6, 6.07) is 77.9. The van der Waals surface area contributed by atoms with Gasteiger partial charge in [-0.1, -0.05) is 119 Å². The lowest BCUT2D eigenvalue weighted by Crippen LogP contribution is -2.10. The van der Waals surface area contributed by atoms with Gasteiger partial charge in [-0.3, -0.25) is 9.13 Å². The van der Waals surface area contributed by atoms with Gasteiger partial charge in [-0.05, 0) is 149 Å². The Bertz CT molecular complexity index is 3130. The Balaban J connectivity index is 0.952. The Labute approximate surface area is 386 Å². The number of fused-ring (bicyclic) bond motifs is 2. The predicted octanol–water partition coefficient (Wildman–Crippen LogP) is 15.9. The smallest absolute Gasteiger partial charge is 0.145 e. The predicted molar refractivity (Wildman–Crippen MR) is 275 cm³/mol. The van der Waals surface area contributed by atoms with E-state index in [9.17, 15) is 0 Å². The van der Waals surface area contributed by atoms with Crippen LogP contribution in [0.25, 0.3) is 56.2 Å². The van der Waals surface area contributed by atoms with Gasteiger partial charge in [0.25, 0.3) is 0 Å². The van der Waals surface area contributed by atoms with Gasteiger partial charge in [0.15, 0.2) is 0 Å². The molecular formula is C60H48N6. The molecule has 0 N–H and O–H groups in total. The van der Waals surface area contributed by atoms with Crippen molar-refractivity contribution in [1.29, 1.82) is 0 Å². The highest BCUT2D eigenvalue weighted by Crippen LogP contribution is 2.39. The van der Waals surface area contributed by atoms with E-state index >= 15 is 0 Å². The Kier molecular flexibility index (Phi) is 10.3. The van der Waals surface area contributed by atoms with Crippen LogP contribution in [-0.2, 0) is 0 Å². The molecule has 6 heteroatoms. The third-order valence-electron chi connectivity index (χ3n) is 12.4. The first-order valence-corrected chi connectivity index (χ1v) is 22.5. The quantitative estimate of drug-likeness (QED) is 0.137. The molecule has 11 rings (SSSR count). The van der Waals surface area contributed by atoms with E-state index in [1.54, 1.807) is 0 Å². The van der Waals surface area contributed by atoms with Crippen LogP contribution in [-0.4, -0.2) is 19.1 Å². The molecule has 2 heterocycles. The fourth-order valence-corrected chi connectivity index (χ4v) is 8.90.